The predicted molar refractivity (Wildman–Crippen MR) is 81.7 cm³/mol. The van der Waals surface area contributed by atoms with Crippen molar-refractivity contribution in [3.8, 4) is 0 Å². The number of hydrogen-bond acceptors (Lipinski definition) is 4. The molecule has 7 heteroatoms. The fraction of sp³-hybridized carbons (Fsp3) is 0.462. The molecule has 1 fully saturated rings. The van der Waals surface area contributed by atoms with Crippen molar-refractivity contribution in [3.05, 3.63) is 37.4 Å². The number of amides is 1. The molecule has 1 atom stereocenters. The van der Waals surface area contributed by atoms with Gasteiger partial charge in [-0.05, 0) is 41.5 Å². The molecule has 1 saturated heterocycles. The summed E-state index contributed by atoms with van der Waals surface area (Å²) in [5, 5.41) is 10.8. The first-order valence-corrected chi connectivity index (χ1v) is 7.38. The maximum Gasteiger partial charge on any atom is 0.270 e. The largest absolute Gasteiger partial charge is 0.376 e. The molecule has 0 spiro atoms. The Labute approximate surface area is 130 Å². The van der Waals surface area contributed by atoms with Gasteiger partial charge >= 0.3 is 0 Å². The molecule has 6 nitrogen and oxygen atoms in total. The minimum atomic E-state index is -0.493. The molecule has 0 aliphatic carbocycles. The number of ether oxygens (including phenoxy) is 1. The third-order valence-electron chi connectivity index (χ3n) is 3.24. The monoisotopic (exact) mass is 390 g/mol. The quantitative estimate of drug-likeness (QED) is 0.450. The van der Waals surface area contributed by atoms with Crippen molar-refractivity contribution in [2.45, 2.75) is 18.9 Å². The van der Waals surface area contributed by atoms with E-state index in [2.05, 4.69) is 0 Å². The number of carbonyl (C=O) groups excluding carboxylic acids is 1. The average Bonchev–Trinajstić information content (AvgIpc) is 2.91. The zero-order valence-electron chi connectivity index (χ0n) is 11.0. The lowest BCUT2D eigenvalue weighted by Crippen LogP contribution is -2.34. The molecule has 0 saturated carbocycles. The number of nitro benzene ring substituents is 1. The Kier molecular flexibility index (Phi) is 4.92. The van der Waals surface area contributed by atoms with Gasteiger partial charge in [0.25, 0.3) is 11.6 Å². The zero-order valence-corrected chi connectivity index (χ0v) is 13.2. The summed E-state index contributed by atoms with van der Waals surface area (Å²) in [6.07, 6.45) is 2.03. The molecule has 1 amide bonds. The molecule has 0 bridgehead atoms. The molecule has 1 aromatic rings. The minimum absolute atomic E-state index is 0.0697. The number of halogens is 1. The Morgan fingerprint density at radius 2 is 2.35 bits per heavy atom. The second-order valence-corrected chi connectivity index (χ2v) is 5.90. The van der Waals surface area contributed by atoms with Crippen LogP contribution in [0.1, 0.15) is 23.2 Å². The van der Waals surface area contributed by atoms with E-state index in [0.29, 0.717) is 15.7 Å². The molecular formula is C13H15IN2O4. The van der Waals surface area contributed by atoms with Crippen LogP contribution in [0.2, 0.25) is 0 Å². The second kappa shape index (κ2) is 6.49. The summed E-state index contributed by atoms with van der Waals surface area (Å²) in [6.45, 7) is 1.25. The molecular weight excluding hydrogens is 375 g/mol. The van der Waals surface area contributed by atoms with Crippen LogP contribution in [0, 0.1) is 13.7 Å². The van der Waals surface area contributed by atoms with E-state index in [1.165, 1.54) is 12.1 Å². The SMILES string of the molecule is CN(CC1CCCO1)C(=O)c1cc([N+](=O)[O-])ccc1I. The lowest BCUT2D eigenvalue weighted by Gasteiger charge is -2.21. The highest BCUT2D eigenvalue weighted by Crippen LogP contribution is 2.21. The van der Waals surface area contributed by atoms with Crippen molar-refractivity contribution in [2.75, 3.05) is 20.2 Å². The molecule has 1 aromatic carbocycles. The fourth-order valence-corrected chi connectivity index (χ4v) is 2.74. The van der Waals surface area contributed by atoms with E-state index in [1.54, 1.807) is 18.0 Å². The van der Waals surface area contributed by atoms with Crippen LogP contribution in [-0.4, -0.2) is 42.0 Å². The number of nitrogens with zero attached hydrogens (tertiary/aromatic N) is 2. The number of likely N-dealkylation sites (N-methyl/N-ethyl adjacent to an activating group) is 1. The number of rotatable bonds is 4. The first-order chi connectivity index (χ1) is 9.49. The van der Waals surface area contributed by atoms with Crippen LogP contribution in [-0.2, 0) is 4.74 Å². The van der Waals surface area contributed by atoms with Gasteiger partial charge in [-0.2, -0.15) is 0 Å². The van der Waals surface area contributed by atoms with Crippen LogP contribution >= 0.6 is 22.6 Å². The van der Waals surface area contributed by atoms with Crippen molar-refractivity contribution in [2.24, 2.45) is 0 Å². The van der Waals surface area contributed by atoms with E-state index >= 15 is 0 Å². The fourth-order valence-electron chi connectivity index (χ4n) is 2.17. The van der Waals surface area contributed by atoms with Crippen LogP contribution < -0.4 is 0 Å². The topological polar surface area (TPSA) is 72.7 Å². The van der Waals surface area contributed by atoms with Gasteiger partial charge in [-0.15, -0.1) is 0 Å². The van der Waals surface area contributed by atoms with Crippen molar-refractivity contribution in [3.63, 3.8) is 0 Å². The average molecular weight is 390 g/mol. The van der Waals surface area contributed by atoms with Gasteiger partial charge in [-0.3, -0.25) is 14.9 Å². The molecule has 108 valence electrons. The first-order valence-electron chi connectivity index (χ1n) is 6.30. The van der Waals surface area contributed by atoms with Gasteiger partial charge in [0, 0.05) is 35.9 Å². The number of non-ortho nitro benzene ring substituents is 1. The van der Waals surface area contributed by atoms with E-state index in [9.17, 15) is 14.9 Å². The summed E-state index contributed by atoms with van der Waals surface area (Å²) in [4.78, 5) is 24.2. The van der Waals surface area contributed by atoms with Crippen molar-refractivity contribution in [1.29, 1.82) is 0 Å². The van der Waals surface area contributed by atoms with Crippen molar-refractivity contribution in [1.82, 2.24) is 4.90 Å². The molecule has 2 rings (SSSR count). The molecule has 20 heavy (non-hydrogen) atoms. The first kappa shape index (κ1) is 15.2. The second-order valence-electron chi connectivity index (χ2n) is 4.74. The maximum atomic E-state index is 12.4. The Morgan fingerprint density at radius 1 is 1.60 bits per heavy atom. The van der Waals surface area contributed by atoms with Crippen LogP contribution in [0.4, 0.5) is 5.69 Å². The number of nitro groups is 1. The number of hydrogen-bond donors (Lipinski definition) is 0. The van der Waals surface area contributed by atoms with Crippen molar-refractivity contribution >= 4 is 34.2 Å². The minimum Gasteiger partial charge on any atom is -0.376 e. The lowest BCUT2D eigenvalue weighted by atomic mass is 10.1. The van der Waals surface area contributed by atoms with Crippen LogP contribution in [0.3, 0.4) is 0 Å². The third-order valence-corrected chi connectivity index (χ3v) is 4.18. The molecule has 1 unspecified atom stereocenters. The lowest BCUT2D eigenvalue weighted by molar-refractivity contribution is -0.384. The molecule has 0 radical (unpaired) electrons. The molecule has 0 N–H and O–H groups in total. The summed E-state index contributed by atoms with van der Waals surface area (Å²) in [5.41, 5.74) is 0.291. The highest BCUT2D eigenvalue weighted by atomic mass is 127. The summed E-state index contributed by atoms with van der Waals surface area (Å²) in [6, 6.07) is 4.32. The summed E-state index contributed by atoms with van der Waals surface area (Å²) in [7, 11) is 1.69. The Bertz CT molecular complexity index is 529. The van der Waals surface area contributed by atoms with Gasteiger partial charge in [0.1, 0.15) is 0 Å². The highest BCUT2D eigenvalue weighted by molar-refractivity contribution is 14.1. The Hall–Kier alpha value is -1.22. The standard InChI is InChI=1S/C13H15IN2O4/c1-15(8-10-3-2-6-20-10)13(17)11-7-9(16(18)19)4-5-12(11)14/h4-5,7,10H,2-3,6,8H2,1H3. The molecule has 1 aliphatic rings. The normalized spacial score (nSPS) is 18.0. The van der Waals surface area contributed by atoms with Crippen LogP contribution in [0.5, 0.6) is 0 Å². The van der Waals surface area contributed by atoms with Crippen LogP contribution in [0.15, 0.2) is 18.2 Å². The van der Waals surface area contributed by atoms with Gasteiger partial charge < -0.3 is 9.64 Å². The maximum absolute atomic E-state index is 12.4. The van der Waals surface area contributed by atoms with E-state index < -0.39 is 4.92 Å². The van der Waals surface area contributed by atoms with E-state index in [-0.39, 0.29) is 17.7 Å². The summed E-state index contributed by atoms with van der Waals surface area (Å²) in [5.74, 6) is -0.214. The predicted octanol–water partition coefficient (Wildman–Crippen LogP) is 2.45. The number of benzene rings is 1. The summed E-state index contributed by atoms with van der Waals surface area (Å²) >= 11 is 2.01. The van der Waals surface area contributed by atoms with Crippen molar-refractivity contribution < 1.29 is 14.5 Å². The van der Waals surface area contributed by atoms with E-state index in [0.717, 1.165) is 19.4 Å². The molecule has 1 heterocycles. The number of carbonyl (C=O) groups is 1. The van der Waals surface area contributed by atoms with Crippen LogP contribution in [0.25, 0.3) is 0 Å². The van der Waals surface area contributed by atoms with E-state index in [4.69, 9.17) is 4.74 Å². The Morgan fingerprint density at radius 3 is 2.95 bits per heavy atom. The van der Waals surface area contributed by atoms with E-state index in [1.807, 2.05) is 22.6 Å². The Balaban J connectivity index is 2.14. The van der Waals surface area contributed by atoms with Gasteiger partial charge in [0.05, 0.1) is 16.6 Å². The highest BCUT2D eigenvalue weighted by Gasteiger charge is 2.23. The van der Waals surface area contributed by atoms with Gasteiger partial charge in [-0.1, -0.05) is 0 Å². The zero-order chi connectivity index (χ0) is 14.7. The third kappa shape index (κ3) is 3.45. The molecule has 1 aliphatic heterocycles. The van der Waals surface area contributed by atoms with Gasteiger partial charge in [-0.25, -0.2) is 0 Å². The van der Waals surface area contributed by atoms with Gasteiger partial charge in [0.15, 0.2) is 0 Å². The summed E-state index contributed by atoms with van der Waals surface area (Å²) < 4.78 is 6.20. The van der Waals surface area contributed by atoms with Gasteiger partial charge in [0.2, 0.25) is 0 Å². The smallest absolute Gasteiger partial charge is 0.270 e. The molecule has 0 aromatic heterocycles.